The van der Waals surface area contributed by atoms with E-state index in [9.17, 15) is 4.79 Å². The fraction of sp³-hybridized carbons (Fsp3) is 0.120. The van der Waals surface area contributed by atoms with Crippen LogP contribution in [0.2, 0.25) is 0 Å². The lowest BCUT2D eigenvalue weighted by atomic mass is 9.99. The first-order chi connectivity index (χ1) is 13.8. The summed E-state index contributed by atoms with van der Waals surface area (Å²) in [7, 11) is 0. The molecule has 28 heavy (non-hydrogen) atoms. The number of ketones is 1. The SMILES string of the molecule is O=C(CCc1ccccc1C#Cc1ccnc2[nH]ccc12)Cc1ccccc1. The molecule has 0 aliphatic heterocycles. The molecule has 0 saturated heterocycles. The largest absolute Gasteiger partial charge is 0.346 e. The van der Waals surface area contributed by atoms with Crippen LogP contribution in [-0.2, 0) is 17.6 Å². The number of aryl methyl sites for hydroxylation is 1. The molecule has 0 aliphatic carbocycles. The Labute approximate surface area is 164 Å². The van der Waals surface area contributed by atoms with E-state index in [0.29, 0.717) is 19.3 Å². The second-order valence-corrected chi connectivity index (χ2v) is 6.71. The first kappa shape index (κ1) is 17.8. The van der Waals surface area contributed by atoms with Gasteiger partial charge in [0, 0.05) is 41.7 Å². The molecule has 0 spiro atoms. The Morgan fingerprint density at radius 2 is 1.68 bits per heavy atom. The maximum atomic E-state index is 12.3. The fourth-order valence-electron chi connectivity index (χ4n) is 3.25. The van der Waals surface area contributed by atoms with Crippen LogP contribution in [-0.4, -0.2) is 15.8 Å². The number of hydrogen-bond donors (Lipinski definition) is 1. The molecule has 0 atom stereocenters. The van der Waals surface area contributed by atoms with E-state index < -0.39 is 0 Å². The predicted molar refractivity (Wildman–Crippen MR) is 112 cm³/mol. The van der Waals surface area contributed by atoms with Gasteiger partial charge in [-0.05, 0) is 35.7 Å². The minimum Gasteiger partial charge on any atom is -0.346 e. The summed E-state index contributed by atoms with van der Waals surface area (Å²) in [5.41, 5.74) is 4.92. The molecule has 2 aromatic carbocycles. The second kappa shape index (κ2) is 8.37. The van der Waals surface area contributed by atoms with Gasteiger partial charge in [0.15, 0.2) is 0 Å². The number of carbonyl (C=O) groups excluding carboxylic acids is 1. The summed E-state index contributed by atoms with van der Waals surface area (Å²) in [5, 5.41) is 1.02. The number of aromatic nitrogens is 2. The molecule has 3 nitrogen and oxygen atoms in total. The molecule has 0 amide bonds. The van der Waals surface area contributed by atoms with Gasteiger partial charge in [-0.3, -0.25) is 4.79 Å². The van der Waals surface area contributed by atoms with Crippen LogP contribution in [0.1, 0.15) is 28.7 Å². The molecular formula is C25H20N2O. The van der Waals surface area contributed by atoms with Crippen LogP contribution >= 0.6 is 0 Å². The number of hydrogen-bond acceptors (Lipinski definition) is 2. The van der Waals surface area contributed by atoms with Crippen molar-refractivity contribution in [3.8, 4) is 11.8 Å². The number of carbonyl (C=O) groups is 1. The Kier molecular flexibility index (Phi) is 5.31. The van der Waals surface area contributed by atoms with Gasteiger partial charge in [-0.2, -0.15) is 0 Å². The third kappa shape index (κ3) is 4.19. The van der Waals surface area contributed by atoms with Crippen LogP contribution < -0.4 is 0 Å². The molecule has 0 saturated carbocycles. The average molecular weight is 364 g/mol. The van der Waals surface area contributed by atoms with Crippen molar-refractivity contribution in [2.45, 2.75) is 19.3 Å². The van der Waals surface area contributed by atoms with Crippen LogP contribution in [0, 0.1) is 11.8 Å². The van der Waals surface area contributed by atoms with Gasteiger partial charge in [-0.25, -0.2) is 4.98 Å². The number of pyridine rings is 1. The smallest absolute Gasteiger partial charge is 0.138 e. The number of nitrogens with zero attached hydrogens (tertiary/aromatic N) is 1. The Morgan fingerprint density at radius 1 is 0.893 bits per heavy atom. The van der Waals surface area contributed by atoms with Crippen LogP contribution in [0.4, 0.5) is 0 Å². The molecule has 0 aliphatic rings. The van der Waals surface area contributed by atoms with Crippen LogP contribution in [0.25, 0.3) is 11.0 Å². The molecule has 1 N–H and O–H groups in total. The van der Waals surface area contributed by atoms with Crippen LogP contribution in [0.3, 0.4) is 0 Å². The van der Waals surface area contributed by atoms with Gasteiger partial charge in [0.1, 0.15) is 11.4 Å². The average Bonchev–Trinajstić information content (AvgIpc) is 3.21. The molecule has 4 aromatic rings. The number of benzene rings is 2. The van der Waals surface area contributed by atoms with E-state index in [4.69, 9.17) is 0 Å². The molecule has 2 aromatic heterocycles. The Bertz CT molecular complexity index is 1160. The standard InChI is InChI=1S/C25H20N2O/c28-23(18-19-6-2-1-3-7-19)13-12-21-9-5-4-8-20(21)10-11-22-14-16-26-25-24(22)15-17-27-25/h1-9,14-17H,12-13,18H2,(H,26,27). The maximum absolute atomic E-state index is 12.3. The molecule has 136 valence electrons. The maximum Gasteiger partial charge on any atom is 0.138 e. The lowest BCUT2D eigenvalue weighted by Crippen LogP contribution is -2.05. The summed E-state index contributed by atoms with van der Waals surface area (Å²) in [4.78, 5) is 19.7. The van der Waals surface area contributed by atoms with Gasteiger partial charge >= 0.3 is 0 Å². The highest BCUT2D eigenvalue weighted by molar-refractivity contribution is 5.83. The second-order valence-electron chi connectivity index (χ2n) is 6.71. The van der Waals surface area contributed by atoms with E-state index in [1.165, 1.54) is 0 Å². The molecule has 0 unspecified atom stereocenters. The van der Waals surface area contributed by atoms with E-state index in [2.05, 4.69) is 27.9 Å². The van der Waals surface area contributed by atoms with Gasteiger partial charge in [0.05, 0.1) is 0 Å². The zero-order chi connectivity index (χ0) is 19.2. The summed E-state index contributed by atoms with van der Waals surface area (Å²) in [6, 6.07) is 21.8. The van der Waals surface area contributed by atoms with Crippen LogP contribution in [0.5, 0.6) is 0 Å². The van der Waals surface area contributed by atoms with Crippen molar-refractivity contribution in [3.63, 3.8) is 0 Å². The Morgan fingerprint density at radius 3 is 2.57 bits per heavy atom. The van der Waals surface area contributed by atoms with Crippen molar-refractivity contribution >= 4 is 16.8 Å². The van der Waals surface area contributed by atoms with Gasteiger partial charge < -0.3 is 4.98 Å². The first-order valence-corrected chi connectivity index (χ1v) is 9.37. The summed E-state index contributed by atoms with van der Waals surface area (Å²) >= 11 is 0. The van der Waals surface area contributed by atoms with Gasteiger partial charge in [-0.1, -0.05) is 60.4 Å². The highest BCUT2D eigenvalue weighted by Gasteiger charge is 2.07. The van der Waals surface area contributed by atoms with Gasteiger partial charge in [-0.15, -0.1) is 0 Å². The van der Waals surface area contributed by atoms with Crippen molar-refractivity contribution in [2.24, 2.45) is 0 Å². The molecular weight excluding hydrogens is 344 g/mol. The lowest BCUT2D eigenvalue weighted by molar-refractivity contribution is -0.118. The van der Waals surface area contributed by atoms with Crippen molar-refractivity contribution in [2.75, 3.05) is 0 Å². The van der Waals surface area contributed by atoms with Crippen molar-refractivity contribution in [1.29, 1.82) is 0 Å². The topological polar surface area (TPSA) is 45.8 Å². The Balaban J connectivity index is 1.49. The van der Waals surface area contributed by atoms with E-state index in [-0.39, 0.29) is 5.78 Å². The molecule has 0 radical (unpaired) electrons. The molecule has 3 heteroatoms. The lowest BCUT2D eigenvalue weighted by Gasteiger charge is -2.05. The summed E-state index contributed by atoms with van der Waals surface area (Å²) < 4.78 is 0. The molecule has 4 rings (SSSR count). The van der Waals surface area contributed by atoms with E-state index in [0.717, 1.165) is 33.3 Å². The van der Waals surface area contributed by atoms with Crippen LogP contribution in [0.15, 0.2) is 79.1 Å². The molecule has 0 fully saturated rings. The number of rotatable bonds is 5. The van der Waals surface area contributed by atoms with E-state index in [1.54, 1.807) is 6.20 Å². The number of aromatic amines is 1. The monoisotopic (exact) mass is 364 g/mol. The number of fused-ring (bicyclic) bond motifs is 1. The van der Waals surface area contributed by atoms with Crippen molar-refractivity contribution < 1.29 is 4.79 Å². The summed E-state index contributed by atoms with van der Waals surface area (Å²) in [6.45, 7) is 0. The molecule has 2 heterocycles. The van der Waals surface area contributed by atoms with Crippen molar-refractivity contribution in [1.82, 2.24) is 9.97 Å². The quantitative estimate of drug-likeness (QED) is 0.522. The third-order valence-corrected chi connectivity index (χ3v) is 4.73. The zero-order valence-electron chi connectivity index (χ0n) is 15.5. The Hall–Kier alpha value is -3.64. The normalized spacial score (nSPS) is 10.4. The van der Waals surface area contributed by atoms with Gasteiger partial charge in [0.25, 0.3) is 0 Å². The number of nitrogens with one attached hydrogen (secondary N) is 1. The minimum atomic E-state index is 0.247. The predicted octanol–water partition coefficient (Wildman–Crippen LogP) is 4.71. The van der Waals surface area contributed by atoms with E-state index >= 15 is 0 Å². The van der Waals surface area contributed by atoms with Crippen molar-refractivity contribution in [3.05, 3.63) is 101 Å². The summed E-state index contributed by atoms with van der Waals surface area (Å²) in [5.74, 6) is 6.79. The fourth-order valence-corrected chi connectivity index (χ4v) is 3.25. The summed E-state index contributed by atoms with van der Waals surface area (Å²) in [6.07, 6.45) is 5.33. The molecule has 0 bridgehead atoms. The highest BCUT2D eigenvalue weighted by Crippen LogP contribution is 2.15. The van der Waals surface area contributed by atoms with Gasteiger partial charge in [0.2, 0.25) is 0 Å². The minimum absolute atomic E-state index is 0.247. The number of H-pyrrole nitrogens is 1. The van der Waals surface area contributed by atoms with E-state index in [1.807, 2.05) is 66.9 Å². The number of Topliss-reactive ketones (excluding diaryl/α,β-unsaturated/α-hetero) is 1. The first-order valence-electron chi connectivity index (χ1n) is 9.37. The highest BCUT2D eigenvalue weighted by atomic mass is 16.1. The third-order valence-electron chi connectivity index (χ3n) is 4.73. The zero-order valence-corrected chi connectivity index (χ0v) is 15.5.